The number of ether oxygens (including phenoxy) is 2. The Morgan fingerprint density at radius 2 is 0.585 bits per heavy atom. The summed E-state index contributed by atoms with van der Waals surface area (Å²) in [5, 5.41) is 23.2. The Kier molecular flexibility index (Phi) is 13.1. The average Bonchev–Trinajstić information content (AvgIpc) is 3.37. The van der Waals surface area contributed by atoms with E-state index in [1.165, 1.54) is 0 Å². The Balaban J connectivity index is 0.000000155. The van der Waals surface area contributed by atoms with Crippen LogP contribution in [0.2, 0.25) is 0 Å². The third kappa shape index (κ3) is 9.81. The van der Waals surface area contributed by atoms with Gasteiger partial charge in [0.15, 0.2) is 0 Å². The molecule has 0 fully saturated rings. The number of aromatic nitrogens is 5. The molecule has 0 aliphatic heterocycles. The molecule has 11 aromatic rings. The molecular formula is C55H42ClN5O4. The minimum absolute atomic E-state index is 0. The van der Waals surface area contributed by atoms with E-state index in [-0.39, 0.29) is 23.9 Å². The number of rotatable bonds is 6. The van der Waals surface area contributed by atoms with Crippen molar-refractivity contribution in [1.82, 2.24) is 24.9 Å². The zero-order valence-electron chi connectivity index (χ0n) is 35.4. The molecule has 9 nitrogen and oxygen atoms in total. The second kappa shape index (κ2) is 19.8. The van der Waals surface area contributed by atoms with Crippen LogP contribution in [0.3, 0.4) is 0 Å². The third-order valence-corrected chi connectivity index (χ3v) is 10.7. The lowest BCUT2D eigenvalue weighted by atomic mass is 10.1. The molecule has 10 heteroatoms. The Morgan fingerprint density at radius 1 is 0.323 bits per heavy atom. The van der Waals surface area contributed by atoms with Gasteiger partial charge in [-0.25, -0.2) is 19.9 Å². The van der Waals surface area contributed by atoms with Crippen LogP contribution >= 0.6 is 12.4 Å². The summed E-state index contributed by atoms with van der Waals surface area (Å²) in [6.45, 7) is 0. The highest BCUT2D eigenvalue weighted by Gasteiger charge is 2.11. The maximum absolute atomic E-state index is 9.53. The highest BCUT2D eigenvalue weighted by Crippen LogP contribution is 2.32. The van der Waals surface area contributed by atoms with Crippen LogP contribution in [0.5, 0.6) is 23.0 Å². The van der Waals surface area contributed by atoms with Crippen molar-refractivity contribution in [3.8, 4) is 68.0 Å². The fourth-order valence-electron chi connectivity index (χ4n) is 7.28. The van der Waals surface area contributed by atoms with Crippen LogP contribution in [0.15, 0.2) is 200 Å². The summed E-state index contributed by atoms with van der Waals surface area (Å²) in [5.41, 5.74) is 10.9. The lowest BCUT2D eigenvalue weighted by Gasteiger charge is -2.09. The van der Waals surface area contributed by atoms with E-state index in [4.69, 9.17) is 29.4 Å². The fourth-order valence-corrected chi connectivity index (χ4v) is 7.28. The number of halogens is 1. The van der Waals surface area contributed by atoms with Gasteiger partial charge in [-0.1, -0.05) is 54.6 Å². The van der Waals surface area contributed by atoms with Gasteiger partial charge < -0.3 is 19.7 Å². The number of hydrogen-bond donors (Lipinski definition) is 2. The van der Waals surface area contributed by atoms with Gasteiger partial charge in [-0.2, -0.15) is 0 Å². The zero-order chi connectivity index (χ0) is 43.8. The van der Waals surface area contributed by atoms with Gasteiger partial charge in [-0.3, -0.25) is 4.98 Å². The largest absolute Gasteiger partial charge is 0.508 e. The van der Waals surface area contributed by atoms with Crippen LogP contribution in [0.25, 0.3) is 88.6 Å². The number of pyridine rings is 5. The van der Waals surface area contributed by atoms with Crippen molar-refractivity contribution >= 4 is 56.0 Å². The molecule has 0 saturated carbocycles. The van der Waals surface area contributed by atoms with Crippen LogP contribution in [0, 0.1) is 0 Å². The predicted molar refractivity (Wildman–Crippen MR) is 264 cm³/mol. The molecule has 0 amide bonds. The number of methoxy groups -OCH3 is 2. The molecule has 5 heterocycles. The monoisotopic (exact) mass is 871 g/mol. The lowest BCUT2D eigenvalue weighted by molar-refractivity contribution is 0.415. The van der Waals surface area contributed by atoms with E-state index in [9.17, 15) is 10.2 Å². The summed E-state index contributed by atoms with van der Waals surface area (Å²) in [7, 11) is 3.34. The molecule has 0 aliphatic rings. The first kappa shape index (κ1) is 43.3. The molecular weight excluding hydrogens is 830 g/mol. The van der Waals surface area contributed by atoms with Gasteiger partial charge in [0.05, 0.1) is 59.1 Å². The van der Waals surface area contributed by atoms with E-state index in [0.29, 0.717) is 0 Å². The molecule has 0 bridgehead atoms. The summed E-state index contributed by atoms with van der Waals surface area (Å²) in [6, 6.07) is 60.2. The van der Waals surface area contributed by atoms with E-state index >= 15 is 0 Å². The van der Waals surface area contributed by atoms with Crippen molar-refractivity contribution < 1.29 is 19.7 Å². The predicted octanol–water partition coefficient (Wildman–Crippen LogP) is 13.2. The average molecular weight is 872 g/mol. The number of benzene rings is 6. The lowest BCUT2D eigenvalue weighted by Crippen LogP contribution is -1.91. The smallest absolute Gasteiger partial charge is 0.118 e. The molecule has 0 radical (unpaired) electrons. The number of fused-ring (bicyclic) bond motifs is 6. The Labute approximate surface area is 381 Å². The first-order chi connectivity index (χ1) is 31.4. The van der Waals surface area contributed by atoms with E-state index in [0.717, 1.165) is 100 Å². The highest BCUT2D eigenvalue weighted by molar-refractivity contribution is 6.05. The van der Waals surface area contributed by atoms with Gasteiger partial charge >= 0.3 is 0 Å². The first-order valence-electron chi connectivity index (χ1n) is 20.6. The summed E-state index contributed by atoms with van der Waals surface area (Å²) in [5.74, 6) is 2.12. The number of phenols is 2. The molecule has 65 heavy (non-hydrogen) atoms. The quantitative estimate of drug-likeness (QED) is 0.157. The van der Waals surface area contributed by atoms with Gasteiger partial charge in [0.25, 0.3) is 0 Å². The van der Waals surface area contributed by atoms with E-state index < -0.39 is 0 Å². The van der Waals surface area contributed by atoms with Crippen molar-refractivity contribution in [2.24, 2.45) is 0 Å². The van der Waals surface area contributed by atoms with Gasteiger partial charge in [-0.15, -0.1) is 12.4 Å². The second-order valence-electron chi connectivity index (χ2n) is 14.8. The Bertz CT molecular complexity index is 3120. The molecule has 0 spiro atoms. The number of hydrogen-bond acceptors (Lipinski definition) is 9. The molecule has 0 unspecified atom stereocenters. The van der Waals surface area contributed by atoms with Gasteiger partial charge in [0, 0.05) is 56.2 Å². The Hall–Kier alpha value is -8.40. The van der Waals surface area contributed by atoms with Crippen LogP contribution in [0.4, 0.5) is 0 Å². The third-order valence-electron chi connectivity index (χ3n) is 10.7. The SMILES string of the molecule is COc1ccc(-c2ccc3ccc4ccc(-c5ccc(OC)cc5)nc4c3n2)cc1.Cl.Oc1ccc(-c2ccc3ccc4ccc(-c5ccc(O)cc5)nc4c3n2)cc1.c1ccncc1. The van der Waals surface area contributed by atoms with Gasteiger partial charge in [-0.05, 0) is 133 Å². The maximum Gasteiger partial charge on any atom is 0.118 e. The van der Waals surface area contributed by atoms with Crippen LogP contribution in [-0.2, 0) is 0 Å². The molecule has 2 N–H and O–H groups in total. The first-order valence-corrected chi connectivity index (χ1v) is 20.6. The van der Waals surface area contributed by atoms with E-state index in [1.807, 2.05) is 140 Å². The topological polar surface area (TPSA) is 123 Å². The minimum atomic E-state index is 0. The minimum Gasteiger partial charge on any atom is -0.508 e. The number of aromatic hydroxyl groups is 2. The van der Waals surface area contributed by atoms with Crippen LogP contribution < -0.4 is 9.47 Å². The summed E-state index contributed by atoms with van der Waals surface area (Å²) >= 11 is 0. The van der Waals surface area contributed by atoms with Gasteiger partial charge in [0.2, 0.25) is 0 Å². The fraction of sp³-hybridized carbons (Fsp3) is 0.0364. The normalized spacial score (nSPS) is 10.6. The molecule has 5 aromatic heterocycles. The molecule has 11 rings (SSSR count). The van der Waals surface area contributed by atoms with Crippen molar-refractivity contribution in [1.29, 1.82) is 0 Å². The van der Waals surface area contributed by atoms with E-state index in [1.54, 1.807) is 50.9 Å². The Morgan fingerprint density at radius 3 is 0.815 bits per heavy atom. The molecule has 318 valence electrons. The summed E-state index contributed by atoms with van der Waals surface area (Å²) in [4.78, 5) is 23.5. The second-order valence-corrected chi connectivity index (χ2v) is 14.8. The zero-order valence-corrected chi connectivity index (χ0v) is 36.2. The van der Waals surface area contributed by atoms with Crippen LogP contribution in [-0.4, -0.2) is 49.4 Å². The van der Waals surface area contributed by atoms with Crippen molar-refractivity contribution in [2.45, 2.75) is 0 Å². The molecule has 0 aliphatic carbocycles. The molecule has 0 saturated heterocycles. The van der Waals surface area contributed by atoms with Crippen molar-refractivity contribution in [2.75, 3.05) is 14.2 Å². The summed E-state index contributed by atoms with van der Waals surface area (Å²) in [6.07, 6.45) is 3.50. The number of phenolic OH excluding ortho intramolecular Hbond substituents is 2. The molecule has 6 aromatic carbocycles. The summed E-state index contributed by atoms with van der Waals surface area (Å²) < 4.78 is 10.5. The van der Waals surface area contributed by atoms with Crippen LogP contribution in [0.1, 0.15) is 0 Å². The highest BCUT2D eigenvalue weighted by atomic mass is 35.5. The molecule has 0 atom stereocenters. The van der Waals surface area contributed by atoms with Crippen molar-refractivity contribution in [3.63, 3.8) is 0 Å². The van der Waals surface area contributed by atoms with Crippen molar-refractivity contribution in [3.05, 3.63) is 200 Å². The number of nitrogens with zero attached hydrogens (tertiary/aromatic N) is 5. The standard InChI is InChI=1S/C26H20N2O2.C24H16N2O2.C5H5N.ClH/c1-29-21-11-5-17(6-12-21)23-15-9-19-3-4-20-10-16-24(28-26(20)25(19)27-23)18-7-13-22(30-2)14-8-18;27-19-9-3-15(4-10-19)21-13-7-17-1-2-18-8-14-22(26-24(18)23(17)25-21)16-5-11-20(28)12-6-16;1-2-4-6-5-3-1;/h3-16H,1-2H3;1-14,27-28H;1-5H;1H. The van der Waals surface area contributed by atoms with Gasteiger partial charge in [0.1, 0.15) is 23.0 Å². The van der Waals surface area contributed by atoms with E-state index in [2.05, 4.69) is 29.2 Å². The maximum atomic E-state index is 9.53.